The van der Waals surface area contributed by atoms with Crippen LogP contribution in [0.15, 0.2) is 47.6 Å². The second-order valence-corrected chi connectivity index (χ2v) is 4.48. The predicted molar refractivity (Wildman–Crippen MR) is 78.0 cm³/mol. The van der Waals surface area contributed by atoms with E-state index >= 15 is 0 Å². The number of halogens is 1. The highest BCUT2D eigenvalue weighted by atomic mass is 19.1. The molecule has 0 heterocycles. The van der Waals surface area contributed by atoms with Gasteiger partial charge in [0, 0.05) is 16.8 Å². The molecule has 0 unspecified atom stereocenters. The average Bonchev–Trinajstić information content (AvgIpc) is 2.50. The van der Waals surface area contributed by atoms with E-state index in [1.54, 1.807) is 31.2 Å². The molecule has 0 bridgehead atoms. The first kappa shape index (κ1) is 14.5. The molecule has 0 radical (unpaired) electrons. The molecule has 0 aromatic heterocycles. The number of hydrogen-bond donors (Lipinski definition) is 3. The molecule has 5 nitrogen and oxygen atoms in total. The lowest BCUT2D eigenvalue weighted by Crippen LogP contribution is -2.14. The van der Waals surface area contributed by atoms with E-state index < -0.39 is 0 Å². The molecule has 0 spiro atoms. The topological polar surface area (TPSA) is 87.7 Å². The molecule has 6 heteroatoms. The standard InChI is InChI=1S/C15H14FN3O2/c1-9-8-11(4-7-13(9)16)15(20)18-12-5-2-10(3-6-12)14(17)19-21/h2-8,21H,1H3,(H2,17,19)(H,18,20). The highest BCUT2D eigenvalue weighted by molar-refractivity contribution is 6.04. The molecule has 0 fully saturated rings. The molecular weight excluding hydrogens is 273 g/mol. The Morgan fingerprint density at radius 1 is 1.19 bits per heavy atom. The van der Waals surface area contributed by atoms with E-state index in [4.69, 9.17) is 10.9 Å². The van der Waals surface area contributed by atoms with Crippen LogP contribution in [0.2, 0.25) is 0 Å². The Kier molecular flexibility index (Phi) is 4.18. The molecule has 0 aliphatic carbocycles. The summed E-state index contributed by atoms with van der Waals surface area (Å²) in [5.74, 6) is -0.702. The highest BCUT2D eigenvalue weighted by Gasteiger charge is 2.08. The van der Waals surface area contributed by atoms with Gasteiger partial charge in [-0.1, -0.05) is 5.16 Å². The Labute approximate surface area is 120 Å². The quantitative estimate of drug-likeness (QED) is 0.351. The van der Waals surface area contributed by atoms with E-state index in [0.717, 1.165) is 0 Å². The number of anilines is 1. The first-order valence-corrected chi connectivity index (χ1v) is 6.16. The molecule has 0 aliphatic rings. The summed E-state index contributed by atoms with van der Waals surface area (Å²) >= 11 is 0. The van der Waals surface area contributed by atoms with Gasteiger partial charge in [-0.2, -0.15) is 0 Å². The number of amidine groups is 1. The van der Waals surface area contributed by atoms with Crippen molar-refractivity contribution in [2.75, 3.05) is 5.32 Å². The Bertz CT molecular complexity index is 697. The van der Waals surface area contributed by atoms with Crippen LogP contribution in [-0.4, -0.2) is 17.0 Å². The Hall–Kier alpha value is -2.89. The summed E-state index contributed by atoms with van der Waals surface area (Å²) in [4.78, 5) is 12.0. The van der Waals surface area contributed by atoms with Crippen LogP contribution in [0, 0.1) is 12.7 Å². The van der Waals surface area contributed by atoms with Crippen LogP contribution >= 0.6 is 0 Å². The minimum atomic E-state index is -0.352. The zero-order valence-corrected chi connectivity index (χ0v) is 11.3. The van der Waals surface area contributed by atoms with Crippen molar-refractivity contribution in [1.29, 1.82) is 0 Å². The van der Waals surface area contributed by atoms with Gasteiger partial charge < -0.3 is 16.3 Å². The second kappa shape index (κ2) is 6.04. The van der Waals surface area contributed by atoms with Gasteiger partial charge in [0.15, 0.2) is 5.84 Å². The van der Waals surface area contributed by atoms with Gasteiger partial charge in [0.1, 0.15) is 5.82 Å². The third-order valence-corrected chi connectivity index (χ3v) is 2.97. The number of carbonyl (C=O) groups excluding carboxylic acids is 1. The fourth-order valence-corrected chi connectivity index (χ4v) is 1.77. The highest BCUT2D eigenvalue weighted by Crippen LogP contribution is 2.13. The maximum absolute atomic E-state index is 13.2. The van der Waals surface area contributed by atoms with Crippen molar-refractivity contribution >= 4 is 17.4 Å². The van der Waals surface area contributed by atoms with Crippen molar-refractivity contribution in [3.05, 3.63) is 65.0 Å². The summed E-state index contributed by atoms with van der Waals surface area (Å²) in [6, 6.07) is 10.6. The molecule has 2 aromatic rings. The van der Waals surface area contributed by atoms with Gasteiger partial charge >= 0.3 is 0 Å². The lowest BCUT2D eigenvalue weighted by molar-refractivity contribution is 0.102. The summed E-state index contributed by atoms with van der Waals surface area (Å²) in [6.45, 7) is 1.60. The SMILES string of the molecule is Cc1cc(C(=O)Nc2ccc(C(N)=NO)cc2)ccc1F. The third kappa shape index (κ3) is 3.36. The monoisotopic (exact) mass is 287 g/mol. The molecule has 0 aliphatic heterocycles. The fourth-order valence-electron chi connectivity index (χ4n) is 1.77. The Morgan fingerprint density at radius 3 is 2.38 bits per heavy atom. The summed E-state index contributed by atoms with van der Waals surface area (Å²) in [6.07, 6.45) is 0. The molecule has 4 N–H and O–H groups in total. The minimum Gasteiger partial charge on any atom is -0.409 e. The van der Waals surface area contributed by atoms with Crippen LogP contribution in [0.5, 0.6) is 0 Å². The van der Waals surface area contributed by atoms with Crippen molar-refractivity contribution in [2.45, 2.75) is 6.92 Å². The van der Waals surface area contributed by atoms with Gasteiger partial charge in [0.2, 0.25) is 0 Å². The van der Waals surface area contributed by atoms with Crippen LogP contribution in [-0.2, 0) is 0 Å². The first-order chi connectivity index (χ1) is 10.0. The predicted octanol–water partition coefficient (Wildman–Crippen LogP) is 2.48. The fraction of sp³-hybridized carbons (Fsp3) is 0.0667. The van der Waals surface area contributed by atoms with Crippen LogP contribution in [0.25, 0.3) is 0 Å². The van der Waals surface area contributed by atoms with Crippen molar-refractivity contribution in [1.82, 2.24) is 0 Å². The third-order valence-electron chi connectivity index (χ3n) is 2.97. The zero-order valence-electron chi connectivity index (χ0n) is 11.3. The number of aryl methyl sites for hydroxylation is 1. The molecule has 0 saturated carbocycles. The molecule has 2 aromatic carbocycles. The van der Waals surface area contributed by atoms with Gasteiger partial charge in [-0.05, 0) is 55.0 Å². The molecule has 2 rings (SSSR count). The summed E-state index contributed by atoms with van der Waals surface area (Å²) in [5.41, 5.74) is 7.31. The normalized spacial score (nSPS) is 11.2. The number of benzene rings is 2. The first-order valence-electron chi connectivity index (χ1n) is 6.16. The van der Waals surface area contributed by atoms with Crippen molar-refractivity contribution in [3.8, 4) is 0 Å². The summed E-state index contributed by atoms with van der Waals surface area (Å²) in [5, 5.41) is 14.1. The van der Waals surface area contributed by atoms with Gasteiger partial charge in [-0.25, -0.2) is 4.39 Å². The number of oxime groups is 1. The number of nitrogens with two attached hydrogens (primary N) is 1. The lowest BCUT2D eigenvalue weighted by Gasteiger charge is -2.07. The molecule has 108 valence electrons. The van der Waals surface area contributed by atoms with Crippen molar-refractivity contribution < 1.29 is 14.4 Å². The zero-order chi connectivity index (χ0) is 15.4. The summed E-state index contributed by atoms with van der Waals surface area (Å²) < 4.78 is 13.2. The number of rotatable bonds is 3. The van der Waals surface area contributed by atoms with Crippen LogP contribution in [0.3, 0.4) is 0 Å². The number of nitrogens with zero attached hydrogens (tertiary/aromatic N) is 1. The van der Waals surface area contributed by atoms with E-state index in [9.17, 15) is 9.18 Å². The Morgan fingerprint density at radius 2 is 1.81 bits per heavy atom. The second-order valence-electron chi connectivity index (χ2n) is 4.48. The van der Waals surface area contributed by atoms with Crippen LogP contribution < -0.4 is 11.1 Å². The maximum atomic E-state index is 13.2. The van der Waals surface area contributed by atoms with Crippen LogP contribution in [0.4, 0.5) is 10.1 Å². The molecule has 21 heavy (non-hydrogen) atoms. The lowest BCUT2D eigenvalue weighted by atomic mass is 10.1. The minimum absolute atomic E-state index is 0.0120. The largest absolute Gasteiger partial charge is 0.409 e. The number of hydrogen-bond acceptors (Lipinski definition) is 3. The van der Waals surface area contributed by atoms with Crippen LogP contribution in [0.1, 0.15) is 21.5 Å². The van der Waals surface area contributed by atoms with Crippen molar-refractivity contribution in [3.63, 3.8) is 0 Å². The summed E-state index contributed by atoms with van der Waals surface area (Å²) in [7, 11) is 0. The van der Waals surface area contributed by atoms with E-state index in [2.05, 4.69) is 10.5 Å². The number of carbonyl (C=O) groups is 1. The number of amides is 1. The van der Waals surface area contributed by atoms with Gasteiger partial charge in [-0.3, -0.25) is 4.79 Å². The van der Waals surface area contributed by atoms with E-state index in [-0.39, 0.29) is 17.6 Å². The average molecular weight is 287 g/mol. The van der Waals surface area contributed by atoms with E-state index in [1.807, 2.05) is 0 Å². The van der Waals surface area contributed by atoms with Gasteiger partial charge in [0.25, 0.3) is 5.91 Å². The van der Waals surface area contributed by atoms with E-state index in [1.165, 1.54) is 18.2 Å². The number of nitrogens with one attached hydrogen (secondary N) is 1. The van der Waals surface area contributed by atoms with Crippen molar-refractivity contribution in [2.24, 2.45) is 10.9 Å². The molecule has 1 amide bonds. The maximum Gasteiger partial charge on any atom is 0.255 e. The molecular formula is C15H14FN3O2. The van der Waals surface area contributed by atoms with Gasteiger partial charge in [0.05, 0.1) is 0 Å². The Balaban J connectivity index is 2.14. The molecule has 0 saturated heterocycles. The smallest absolute Gasteiger partial charge is 0.255 e. The van der Waals surface area contributed by atoms with E-state index in [0.29, 0.717) is 22.4 Å². The van der Waals surface area contributed by atoms with Gasteiger partial charge in [-0.15, -0.1) is 0 Å². The molecule has 0 atom stereocenters.